The number of carbonyl (C=O) groups excluding carboxylic acids is 3. The van der Waals surface area contributed by atoms with Crippen LogP contribution in [0.4, 0.5) is 0 Å². The number of hydrogen-bond acceptors (Lipinski definition) is 9. The minimum atomic E-state index is -4.79. The number of carboxylic acids is 1. The summed E-state index contributed by atoms with van der Waals surface area (Å²) in [6, 6.07) is 16.1. The SMILES string of the molecule is Cc1cc(C)cc(C(=O)N(C)[C@H](Cc2ccc(-c3ccno3)cc2)C(=O)N([C@@H](Cc2c[nH]c3ccccc23)C(N)=O)S(=O)(=O)CCC(N)C(=O)O)c1. The monoisotopic (exact) mass is 728 g/mol. The standard InChI is InChI=1S/C37H40N6O8S/c1-22-16-23(2)18-26(17-22)35(45)42(3)32(19-24-8-10-25(11-9-24)33-12-14-41-51-33)36(46)43(52(49,50)15-13-29(38)37(47)48)31(34(39)44)20-27-21-40-30-7-5-4-6-28(27)30/h4-12,14,16-18,21,29,31-32,40H,13,15,19-20,38H2,1-3H3,(H2,39,44)(H,47,48)/t29?,31-,32+/m0/s1. The number of fused-ring (bicyclic) bond motifs is 1. The van der Waals surface area contributed by atoms with Gasteiger partial charge in [-0.25, -0.2) is 12.7 Å². The van der Waals surface area contributed by atoms with E-state index in [9.17, 15) is 32.7 Å². The number of sulfonamides is 1. The highest BCUT2D eigenvalue weighted by atomic mass is 32.2. The lowest BCUT2D eigenvalue weighted by molar-refractivity contribution is -0.138. The van der Waals surface area contributed by atoms with Crippen molar-refractivity contribution < 1.29 is 37.2 Å². The van der Waals surface area contributed by atoms with Gasteiger partial charge in [-0.3, -0.25) is 19.2 Å². The second-order valence-corrected chi connectivity index (χ2v) is 14.7. The summed E-state index contributed by atoms with van der Waals surface area (Å²) < 4.78 is 34.1. The van der Waals surface area contributed by atoms with Crippen LogP contribution < -0.4 is 11.5 Å². The molecule has 1 unspecified atom stereocenters. The van der Waals surface area contributed by atoms with Crippen LogP contribution in [-0.2, 0) is 37.2 Å². The number of primary amides is 1. The first-order valence-corrected chi connectivity index (χ1v) is 18.0. The van der Waals surface area contributed by atoms with Gasteiger partial charge in [0.1, 0.15) is 18.1 Å². The largest absolute Gasteiger partial charge is 0.480 e. The fourth-order valence-electron chi connectivity index (χ4n) is 6.16. The Morgan fingerprint density at radius 1 is 0.942 bits per heavy atom. The summed E-state index contributed by atoms with van der Waals surface area (Å²) in [5.74, 6) is -4.63. The molecule has 5 aromatic rings. The zero-order chi connectivity index (χ0) is 37.7. The Hall–Kier alpha value is -5.80. The van der Waals surface area contributed by atoms with Gasteiger partial charge >= 0.3 is 5.97 Å². The number of H-pyrrole nitrogens is 1. The second kappa shape index (κ2) is 15.6. The molecule has 6 N–H and O–H groups in total. The van der Waals surface area contributed by atoms with Crippen molar-refractivity contribution in [3.63, 3.8) is 0 Å². The highest BCUT2D eigenvalue weighted by molar-refractivity contribution is 7.89. The maximum absolute atomic E-state index is 14.9. The number of nitrogens with zero attached hydrogens (tertiary/aromatic N) is 3. The lowest BCUT2D eigenvalue weighted by Crippen LogP contribution is -2.59. The third kappa shape index (κ3) is 8.38. The van der Waals surface area contributed by atoms with Gasteiger partial charge in [-0.15, -0.1) is 0 Å². The van der Waals surface area contributed by atoms with Crippen LogP contribution >= 0.6 is 0 Å². The van der Waals surface area contributed by atoms with Gasteiger partial charge in [0.15, 0.2) is 5.76 Å². The number of rotatable bonds is 15. The zero-order valence-electron chi connectivity index (χ0n) is 28.9. The van der Waals surface area contributed by atoms with Crippen LogP contribution in [-0.4, -0.2) is 87.5 Å². The molecule has 52 heavy (non-hydrogen) atoms. The van der Waals surface area contributed by atoms with E-state index in [0.717, 1.165) is 16.0 Å². The molecule has 3 atom stereocenters. The van der Waals surface area contributed by atoms with Crippen LogP contribution in [0.2, 0.25) is 0 Å². The number of carbonyl (C=O) groups is 4. The van der Waals surface area contributed by atoms with Gasteiger partial charge in [0.05, 0.1) is 11.9 Å². The molecule has 5 rings (SSSR count). The minimum absolute atomic E-state index is 0.165. The first-order chi connectivity index (χ1) is 24.7. The number of carboxylic acid groups (broad SMARTS) is 1. The number of para-hydroxylation sites is 1. The summed E-state index contributed by atoms with van der Waals surface area (Å²) in [5.41, 5.74) is 15.9. The van der Waals surface area contributed by atoms with Gasteiger partial charge in [0.2, 0.25) is 15.9 Å². The van der Waals surface area contributed by atoms with Crippen molar-refractivity contribution in [2.45, 2.75) is 51.2 Å². The molecule has 0 aliphatic carbocycles. The maximum Gasteiger partial charge on any atom is 0.320 e. The average molecular weight is 729 g/mol. The molecule has 0 bridgehead atoms. The van der Waals surface area contributed by atoms with E-state index in [1.54, 1.807) is 72.9 Å². The summed E-state index contributed by atoms with van der Waals surface area (Å²) in [7, 11) is -3.41. The Morgan fingerprint density at radius 3 is 2.23 bits per heavy atom. The van der Waals surface area contributed by atoms with Crippen LogP contribution in [0.15, 0.2) is 89.7 Å². The molecule has 272 valence electrons. The van der Waals surface area contributed by atoms with Gasteiger partial charge in [0.25, 0.3) is 11.8 Å². The van der Waals surface area contributed by atoms with Crippen molar-refractivity contribution in [2.24, 2.45) is 11.5 Å². The Bertz CT molecular complexity index is 2180. The van der Waals surface area contributed by atoms with E-state index < -0.39 is 64.0 Å². The predicted octanol–water partition coefficient (Wildman–Crippen LogP) is 3.18. The normalized spacial score (nSPS) is 13.3. The highest BCUT2D eigenvalue weighted by Crippen LogP contribution is 2.26. The number of hydrogen-bond donors (Lipinski definition) is 4. The third-order valence-corrected chi connectivity index (χ3v) is 10.7. The lowest BCUT2D eigenvalue weighted by atomic mass is 9.99. The van der Waals surface area contributed by atoms with Crippen molar-refractivity contribution in [3.05, 3.63) is 113 Å². The zero-order valence-corrected chi connectivity index (χ0v) is 29.7. The van der Waals surface area contributed by atoms with Crippen LogP contribution in [0.3, 0.4) is 0 Å². The second-order valence-electron chi connectivity index (χ2n) is 12.8. The first kappa shape index (κ1) is 37.5. The first-order valence-electron chi connectivity index (χ1n) is 16.4. The molecule has 2 heterocycles. The summed E-state index contributed by atoms with van der Waals surface area (Å²) in [6.07, 6.45) is 2.06. The Morgan fingerprint density at radius 2 is 1.62 bits per heavy atom. The Labute approximate surface area is 300 Å². The van der Waals surface area contributed by atoms with Crippen molar-refractivity contribution >= 4 is 44.6 Å². The van der Waals surface area contributed by atoms with E-state index in [4.69, 9.17) is 16.0 Å². The molecular formula is C37H40N6O8S. The molecule has 0 saturated carbocycles. The molecule has 14 nitrogen and oxygen atoms in total. The molecule has 0 aliphatic rings. The number of nitrogens with one attached hydrogen (secondary N) is 1. The minimum Gasteiger partial charge on any atom is -0.480 e. The van der Waals surface area contributed by atoms with Crippen LogP contribution in [0, 0.1) is 13.8 Å². The number of likely N-dealkylation sites (N-methyl/N-ethyl adjacent to an activating group) is 1. The number of benzene rings is 3. The number of aromatic nitrogens is 2. The molecule has 0 fully saturated rings. The molecule has 3 amide bonds. The molecule has 0 spiro atoms. The van der Waals surface area contributed by atoms with Gasteiger partial charge < -0.3 is 31.0 Å². The van der Waals surface area contributed by atoms with Gasteiger partial charge in [-0.2, -0.15) is 0 Å². The molecule has 15 heteroatoms. The quantitative estimate of drug-likeness (QED) is 0.123. The summed E-state index contributed by atoms with van der Waals surface area (Å²) >= 11 is 0. The molecule has 0 saturated heterocycles. The molecule has 0 aliphatic heterocycles. The van der Waals surface area contributed by atoms with Crippen molar-refractivity contribution in [2.75, 3.05) is 12.8 Å². The van der Waals surface area contributed by atoms with Crippen molar-refractivity contribution in [3.8, 4) is 11.3 Å². The summed E-state index contributed by atoms with van der Waals surface area (Å²) in [6.45, 7) is 3.64. The van der Waals surface area contributed by atoms with Gasteiger partial charge in [-0.1, -0.05) is 64.8 Å². The molecule has 3 aromatic carbocycles. The predicted molar refractivity (Wildman–Crippen MR) is 193 cm³/mol. The highest BCUT2D eigenvalue weighted by Gasteiger charge is 2.43. The van der Waals surface area contributed by atoms with E-state index in [1.165, 1.54) is 13.2 Å². The number of aromatic amines is 1. The van der Waals surface area contributed by atoms with E-state index in [-0.39, 0.29) is 18.4 Å². The summed E-state index contributed by atoms with van der Waals surface area (Å²) in [4.78, 5) is 58.0. The Balaban J connectivity index is 1.61. The fraction of sp³-hybridized carbons (Fsp3) is 0.270. The maximum atomic E-state index is 14.9. The topological polar surface area (TPSA) is 223 Å². The number of nitrogens with two attached hydrogens (primary N) is 2. The average Bonchev–Trinajstić information content (AvgIpc) is 3.79. The molecule has 2 aromatic heterocycles. The Kier molecular flexibility index (Phi) is 11.2. The molecular weight excluding hydrogens is 689 g/mol. The third-order valence-electron chi connectivity index (χ3n) is 8.87. The number of aryl methyl sites for hydroxylation is 2. The molecule has 0 radical (unpaired) electrons. The van der Waals surface area contributed by atoms with E-state index in [0.29, 0.717) is 37.7 Å². The number of aliphatic carboxylic acids is 1. The van der Waals surface area contributed by atoms with E-state index in [1.807, 2.05) is 19.9 Å². The van der Waals surface area contributed by atoms with Crippen LogP contribution in [0.25, 0.3) is 22.2 Å². The van der Waals surface area contributed by atoms with Crippen molar-refractivity contribution in [1.29, 1.82) is 0 Å². The number of amides is 3. The van der Waals surface area contributed by atoms with Gasteiger partial charge in [0, 0.05) is 54.2 Å². The fourth-order valence-corrected chi connectivity index (χ4v) is 7.87. The summed E-state index contributed by atoms with van der Waals surface area (Å²) in [5, 5.41) is 13.8. The van der Waals surface area contributed by atoms with Crippen LogP contribution in [0.1, 0.15) is 39.0 Å². The van der Waals surface area contributed by atoms with Crippen LogP contribution in [0.5, 0.6) is 0 Å². The van der Waals surface area contributed by atoms with Crippen molar-refractivity contribution in [1.82, 2.24) is 19.3 Å². The smallest absolute Gasteiger partial charge is 0.320 e. The lowest BCUT2D eigenvalue weighted by Gasteiger charge is -2.35. The van der Waals surface area contributed by atoms with Gasteiger partial charge in [-0.05, 0) is 49.6 Å². The van der Waals surface area contributed by atoms with E-state index >= 15 is 0 Å². The van der Waals surface area contributed by atoms with E-state index in [2.05, 4.69) is 10.1 Å².